The summed E-state index contributed by atoms with van der Waals surface area (Å²) in [4.78, 5) is 16.5. The Balaban J connectivity index is 1.84. The van der Waals surface area contributed by atoms with E-state index in [2.05, 4.69) is 10.3 Å². The molecule has 1 aliphatic rings. The highest BCUT2D eigenvalue weighted by Gasteiger charge is 2.18. The summed E-state index contributed by atoms with van der Waals surface area (Å²) in [6, 6.07) is 9.73. The molecule has 3 rings (SSSR count). The Hall–Kier alpha value is -1.26. The Morgan fingerprint density at radius 2 is 2.25 bits per heavy atom. The Morgan fingerprint density at radius 3 is 3.05 bits per heavy atom. The molecule has 3 nitrogen and oxygen atoms in total. The smallest absolute Gasteiger partial charge is 0.270 e. The fourth-order valence-corrected chi connectivity index (χ4v) is 3.72. The number of hydrogen-bond donors (Lipinski definition) is 1. The maximum atomic E-state index is 12.3. The highest BCUT2D eigenvalue weighted by molar-refractivity contribution is 7.99. The molecular weight excluding hydrogens is 292 g/mol. The SMILES string of the molecule is O=C(NC1CCCSC1)c1cc2ccccc2c(Cl)n1. The number of pyridine rings is 1. The maximum Gasteiger partial charge on any atom is 0.270 e. The van der Waals surface area contributed by atoms with Crippen molar-refractivity contribution in [2.75, 3.05) is 11.5 Å². The van der Waals surface area contributed by atoms with Gasteiger partial charge in [0.2, 0.25) is 0 Å². The molecule has 1 unspecified atom stereocenters. The minimum absolute atomic E-state index is 0.134. The van der Waals surface area contributed by atoms with Gasteiger partial charge in [-0.25, -0.2) is 4.98 Å². The molecular formula is C15H15ClN2OS. The van der Waals surface area contributed by atoms with E-state index in [9.17, 15) is 4.79 Å². The maximum absolute atomic E-state index is 12.3. The minimum Gasteiger partial charge on any atom is -0.347 e. The van der Waals surface area contributed by atoms with Crippen LogP contribution in [0.3, 0.4) is 0 Å². The van der Waals surface area contributed by atoms with Crippen molar-refractivity contribution in [2.24, 2.45) is 0 Å². The number of carbonyl (C=O) groups excluding carboxylic acids is 1. The molecule has 1 aliphatic heterocycles. The fraction of sp³-hybridized carbons (Fsp3) is 0.333. The number of nitrogens with zero attached hydrogens (tertiary/aromatic N) is 1. The van der Waals surface area contributed by atoms with Crippen molar-refractivity contribution in [3.05, 3.63) is 41.2 Å². The largest absolute Gasteiger partial charge is 0.347 e. The van der Waals surface area contributed by atoms with Crippen molar-refractivity contribution in [2.45, 2.75) is 18.9 Å². The van der Waals surface area contributed by atoms with Crippen LogP contribution in [0.5, 0.6) is 0 Å². The number of thioether (sulfide) groups is 1. The van der Waals surface area contributed by atoms with Crippen molar-refractivity contribution in [1.82, 2.24) is 10.3 Å². The molecule has 0 spiro atoms. The topological polar surface area (TPSA) is 42.0 Å². The summed E-state index contributed by atoms with van der Waals surface area (Å²) in [5.74, 6) is 2.03. The molecule has 1 fully saturated rings. The van der Waals surface area contributed by atoms with Gasteiger partial charge in [0.15, 0.2) is 0 Å². The van der Waals surface area contributed by atoms with Crippen LogP contribution < -0.4 is 5.32 Å². The lowest BCUT2D eigenvalue weighted by Gasteiger charge is -2.22. The van der Waals surface area contributed by atoms with Crippen LogP contribution in [-0.4, -0.2) is 28.4 Å². The molecule has 0 bridgehead atoms. The highest BCUT2D eigenvalue weighted by Crippen LogP contribution is 2.23. The minimum atomic E-state index is -0.134. The monoisotopic (exact) mass is 306 g/mol. The number of hydrogen-bond acceptors (Lipinski definition) is 3. The van der Waals surface area contributed by atoms with Gasteiger partial charge in [0.25, 0.3) is 5.91 Å². The summed E-state index contributed by atoms with van der Waals surface area (Å²) >= 11 is 8.04. The second kappa shape index (κ2) is 6.02. The third-order valence-corrected chi connectivity index (χ3v) is 4.93. The first kappa shape index (κ1) is 13.7. The lowest BCUT2D eigenvalue weighted by molar-refractivity contribution is 0.0934. The molecule has 0 saturated carbocycles. The lowest BCUT2D eigenvalue weighted by Crippen LogP contribution is -2.38. The van der Waals surface area contributed by atoms with Crippen molar-refractivity contribution in [3.63, 3.8) is 0 Å². The highest BCUT2D eigenvalue weighted by atomic mass is 35.5. The number of benzene rings is 1. The number of aromatic nitrogens is 1. The fourth-order valence-electron chi connectivity index (χ4n) is 2.39. The van der Waals surface area contributed by atoms with Crippen LogP contribution in [0.25, 0.3) is 10.8 Å². The Labute approximate surface area is 127 Å². The molecule has 20 heavy (non-hydrogen) atoms. The molecule has 1 saturated heterocycles. The van der Waals surface area contributed by atoms with Gasteiger partial charge in [0, 0.05) is 17.2 Å². The predicted octanol–water partition coefficient (Wildman–Crippen LogP) is 3.51. The van der Waals surface area contributed by atoms with Gasteiger partial charge in [-0.2, -0.15) is 11.8 Å². The molecule has 2 heterocycles. The van der Waals surface area contributed by atoms with E-state index in [0.29, 0.717) is 10.8 Å². The Bertz CT molecular complexity index is 641. The van der Waals surface area contributed by atoms with Crippen LogP contribution in [0.1, 0.15) is 23.3 Å². The number of rotatable bonds is 2. The van der Waals surface area contributed by atoms with Gasteiger partial charge in [-0.3, -0.25) is 4.79 Å². The zero-order valence-corrected chi connectivity index (χ0v) is 12.5. The first-order chi connectivity index (χ1) is 9.74. The number of amides is 1. The molecule has 2 aromatic rings. The predicted molar refractivity (Wildman–Crippen MR) is 84.6 cm³/mol. The van der Waals surface area contributed by atoms with Gasteiger partial charge in [0.1, 0.15) is 10.8 Å². The van der Waals surface area contributed by atoms with E-state index in [-0.39, 0.29) is 11.9 Å². The first-order valence-electron chi connectivity index (χ1n) is 6.68. The molecule has 104 valence electrons. The van der Waals surface area contributed by atoms with Crippen LogP contribution in [0.15, 0.2) is 30.3 Å². The molecule has 0 radical (unpaired) electrons. The van der Waals surface area contributed by atoms with Crippen molar-refractivity contribution >= 4 is 40.0 Å². The van der Waals surface area contributed by atoms with Gasteiger partial charge in [-0.05, 0) is 30.0 Å². The zero-order chi connectivity index (χ0) is 13.9. The molecule has 1 aromatic heterocycles. The summed E-state index contributed by atoms with van der Waals surface area (Å²) in [5, 5.41) is 5.24. The molecule has 1 N–H and O–H groups in total. The van der Waals surface area contributed by atoms with E-state index >= 15 is 0 Å². The van der Waals surface area contributed by atoms with Gasteiger partial charge in [-0.15, -0.1) is 0 Å². The second-order valence-corrected chi connectivity index (χ2v) is 6.41. The van der Waals surface area contributed by atoms with Gasteiger partial charge >= 0.3 is 0 Å². The Morgan fingerprint density at radius 1 is 1.40 bits per heavy atom. The number of nitrogens with one attached hydrogen (secondary N) is 1. The number of halogens is 1. The lowest BCUT2D eigenvalue weighted by atomic mass is 10.1. The third-order valence-electron chi connectivity index (χ3n) is 3.42. The summed E-state index contributed by atoms with van der Waals surface area (Å²) in [7, 11) is 0. The van der Waals surface area contributed by atoms with E-state index < -0.39 is 0 Å². The van der Waals surface area contributed by atoms with Crippen LogP contribution in [0.2, 0.25) is 5.15 Å². The number of carbonyl (C=O) groups is 1. The van der Waals surface area contributed by atoms with Gasteiger partial charge in [-0.1, -0.05) is 35.9 Å². The van der Waals surface area contributed by atoms with Gasteiger partial charge < -0.3 is 5.32 Å². The summed E-state index contributed by atoms with van der Waals surface area (Å²) in [6.45, 7) is 0. The first-order valence-corrected chi connectivity index (χ1v) is 8.21. The molecule has 0 aliphatic carbocycles. The van der Waals surface area contributed by atoms with Crippen molar-refractivity contribution in [1.29, 1.82) is 0 Å². The molecule has 1 aromatic carbocycles. The second-order valence-electron chi connectivity index (χ2n) is 4.91. The van der Waals surface area contributed by atoms with E-state index in [4.69, 9.17) is 11.6 Å². The molecule has 1 atom stereocenters. The van der Waals surface area contributed by atoms with Crippen LogP contribution >= 0.6 is 23.4 Å². The molecule has 5 heteroatoms. The van der Waals surface area contributed by atoms with E-state index in [0.717, 1.165) is 29.4 Å². The van der Waals surface area contributed by atoms with Gasteiger partial charge in [0.05, 0.1) is 0 Å². The normalized spacial score (nSPS) is 18.9. The van der Waals surface area contributed by atoms with Crippen LogP contribution in [0.4, 0.5) is 0 Å². The van der Waals surface area contributed by atoms with E-state index in [1.165, 1.54) is 5.75 Å². The van der Waals surface area contributed by atoms with Crippen molar-refractivity contribution < 1.29 is 4.79 Å². The summed E-state index contributed by atoms with van der Waals surface area (Å²) in [6.07, 6.45) is 2.20. The Kier molecular flexibility index (Phi) is 4.13. The van der Waals surface area contributed by atoms with Crippen LogP contribution in [0, 0.1) is 0 Å². The van der Waals surface area contributed by atoms with E-state index in [1.54, 1.807) is 6.07 Å². The third kappa shape index (κ3) is 2.91. The quantitative estimate of drug-likeness (QED) is 0.863. The zero-order valence-electron chi connectivity index (χ0n) is 10.9. The van der Waals surface area contributed by atoms with Crippen molar-refractivity contribution in [3.8, 4) is 0 Å². The molecule has 1 amide bonds. The van der Waals surface area contributed by atoms with Crippen LogP contribution in [-0.2, 0) is 0 Å². The standard InChI is InChI=1S/C15H15ClN2OS/c16-14-12-6-2-1-4-10(12)8-13(18-14)15(19)17-11-5-3-7-20-9-11/h1-2,4,6,8,11H,3,5,7,9H2,(H,17,19). The van der Waals surface area contributed by atoms with E-state index in [1.807, 2.05) is 36.0 Å². The summed E-state index contributed by atoms with van der Waals surface area (Å²) in [5.41, 5.74) is 0.393. The average molecular weight is 307 g/mol. The summed E-state index contributed by atoms with van der Waals surface area (Å²) < 4.78 is 0. The number of fused-ring (bicyclic) bond motifs is 1. The average Bonchev–Trinajstić information content (AvgIpc) is 2.48.